The predicted octanol–water partition coefficient (Wildman–Crippen LogP) is 2.04. The van der Waals surface area contributed by atoms with Crippen molar-refractivity contribution in [3.63, 3.8) is 0 Å². The molecule has 4 nitrogen and oxygen atoms in total. The van der Waals surface area contributed by atoms with Crippen LogP contribution in [0.5, 0.6) is 0 Å². The summed E-state index contributed by atoms with van der Waals surface area (Å²) in [5.41, 5.74) is 4.49. The molecule has 3 aromatic rings. The first-order valence-corrected chi connectivity index (χ1v) is 5.18. The summed E-state index contributed by atoms with van der Waals surface area (Å²) < 4.78 is 3.99. The van der Waals surface area contributed by atoms with Crippen LogP contribution >= 0.6 is 0 Å². The van der Waals surface area contributed by atoms with Gasteiger partial charge in [0.1, 0.15) is 5.65 Å². The van der Waals surface area contributed by atoms with Crippen LogP contribution in [0.25, 0.3) is 16.8 Å². The molecule has 4 heteroatoms. The summed E-state index contributed by atoms with van der Waals surface area (Å²) >= 11 is 0. The number of aryl methyl sites for hydroxylation is 2. The van der Waals surface area contributed by atoms with Gasteiger partial charge in [0.25, 0.3) is 0 Å². The average Bonchev–Trinajstić information content (AvgIpc) is 2.80. The van der Waals surface area contributed by atoms with Crippen molar-refractivity contribution in [3.05, 3.63) is 42.6 Å². The fraction of sp³-hybridized carbons (Fsp3) is 0.167. The second-order valence-electron chi connectivity index (χ2n) is 3.87. The molecule has 3 heterocycles. The number of imidazole rings is 1. The Morgan fingerprint density at radius 1 is 1.12 bits per heavy atom. The zero-order chi connectivity index (χ0) is 11.1. The fourth-order valence-corrected chi connectivity index (χ4v) is 2.07. The number of fused-ring (bicyclic) bond motifs is 1. The van der Waals surface area contributed by atoms with Gasteiger partial charge in [-0.2, -0.15) is 5.10 Å². The van der Waals surface area contributed by atoms with Gasteiger partial charge in [-0.1, -0.05) is 0 Å². The van der Waals surface area contributed by atoms with Crippen LogP contribution in [0.3, 0.4) is 0 Å². The lowest BCUT2D eigenvalue weighted by molar-refractivity contribution is 0.918. The number of hydrogen-bond donors (Lipinski definition) is 0. The minimum Gasteiger partial charge on any atom is -0.334 e. The minimum atomic E-state index is 1.04. The molecule has 0 radical (unpaired) electrons. The Morgan fingerprint density at radius 2 is 1.88 bits per heavy atom. The molecule has 0 saturated heterocycles. The molecular weight excluding hydrogens is 200 g/mol. The quantitative estimate of drug-likeness (QED) is 0.618. The number of rotatable bonds is 1. The molecule has 0 unspecified atom stereocenters. The van der Waals surface area contributed by atoms with Crippen molar-refractivity contribution in [1.82, 2.24) is 19.2 Å². The highest BCUT2D eigenvalue weighted by Gasteiger charge is 2.13. The Bertz CT molecular complexity index is 634. The van der Waals surface area contributed by atoms with Crippen LogP contribution in [0.15, 0.2) is 36.9 Å². The summed E-state index contributed by atoms with van der Waals surface area (Å²) in [6.07, 6.45) is 7.59. The van der Waals surface area contributed by atoms with Gasteiger partial charge in [0.2, 0.25) is 0 Å². The first-order valence-electron chi connectivity index (χ1n) is 5.18. The maximum absolute atomic E-state index is 4.49. The van der Waals surface area contributed by atoms with Crippen LogP contribution in [-0.2, 0) is 7.05 Å². The van der Waals surface area contributed by atoms with E-state index in [-0.39, 0.29) is 0 Å². The molecule has 0 aliphatic carbocycles. The first-order chi connectivity index (χ1) is 7.77. The lowest BCUT2D eigenvalue weighted by atomic mass is 10.1. The molecular formula is C12H12N4. The Balaban J connectivity index is 2.38. The van der Waals surface area contributed by atoms with Gasteiger partial charge in [0.05, 0.1) is 5.69 Å². The molecule has 80 valence electrons. The molecule has 0 saturated carbocycles. The normalized spacial score (nSPS) is 11.1. The topological polar surface area (TPSA) is 35.1 Å². The smallest absolute Gasteiger partial charge is 0.143 e. The second kappa shape index (κ2) is 3.20. The summed E-state index contributed by atoms with van der Waals surface area (Å²) in [6.45, 7) is 2.03. The van der Waals surface area contributed by atoms with Crippen LogP contribution < -0.4 is 0 Å². The molecule has 0 bridgehead atoms. The summed E-state index contributed by atoms with van der Waals surface area (Å²) in [4.78, 5) is 4.04. The Morgan fingerprint density at radius 3 is 2.62 bits per heavy atom. The Labute approximate surface area is 93.2 Å². The fourth-order valence-electron chi connectivity index (χ4n) is 2.07. The van der Waals surface area contributed by atoms with E-state index in [0.29, 0.717) is 0 Å². The zero-order valence-corrected chi connectivity index (χ0v) is 9.25. The monoisotopic (exact) mass is 212 g/mol. The summed E-state index contributed by atoms with van der Waals surface area (Å²) in [5.74, 6) is 0. The van der Waals surface area contributed by atoms with Crippen LogP contribution in [0, 0.1) is 6.92 Å². The standard InChI is InChI=1S/C12H12N4/c1-9-11(10-3-5-13-6-4-10)12-15(2)7-8-16(12)14-9/h3-8H,1-2H3. The van der Waals surface area contributed by atoms with E-state index in [2.05, 4.69) is 14.6 Å². The first kappa shape index (κ1) is 9.15. The van der Waals surface area contributed by atoms with Gasteiger partial charge in [-0.05, 0) is 24.6 Å². The predicted molar refractivity (Wildman–Crippen MR) is 62.1 cm³/mol. The van der Waals surface area contributed by atoms with Crippen LogP contribution in [-0.4, -0.2) is 19.2 Å². The van der Waals surface area contributed by atoms with E-state index in [1.165, 1.54) is 5.56 Å². The van der Waals surface area contributed by atoms with E-state index in [9.17, 15) is 0 Å². The zero-order valence-electron chi connectivity index (χ0n) is 9.25. The molecule has 0 aliphatic heterocycles. The van der Waals surface area contributed by atoms with E-state index in [0.717, 1.165) is 16.9 Å². The van der Waals surface area contributed by atoms with Gasteiger partial charge in [0, 0.05) is 37.4 Å². The van der Waals surface area contributed by atoms with Gasteiger partial charge in [0.15, 0.2) is 0 Å². The SMILES string of the molecule is Cc1nn2ccn(C)c2c1-c1ccncc1. The largest absolute Gasteiger partial charge is 0.334 e. The van der Waals surface area contributed by atoms with Gasteiger partial charge in [-0.3, -0.25) is 4.98 Å². The second-order valence-corrected chi connectivity index (χ2v) is 3.87. The summed E-state index contributed by atoms with van der Waals surface area (Å²) in [7, 11) is 2.03. The van der Waals surface area contributed by atoms with Crippen molar-refractivity contribution >= 4 is 5.65 Å². The molecule has 0 spiro atoms. The van der Waals surface area contributed by atoms with E-state index in [1.54, 1.807) is 12.4 Å². The molecule has 16 heavy (non-hydrogen) atoms. The lowest BCUT2D eigenvalue weighted by Crippen LogP contribution is -1.88. The Hall–Kier alpha value is -2.10. The van der Waals surface area contributed by atoms with Crippen molar-refractivity contribution in [3.8, 4) is 11.1 Å². The molecule has 0 fully saturated rings. The lowest BCUT2D eigenvalue weighted by Gasteiger charge is -2.00. The molecule has 0 amide bonds. The third-order valence-electron chi connectivity index (χ3n) is 2.79. The molecule has 0 N–H and O–H groups in total. The van der Waals surface area contributed by atoms with Crippen molar-refractivity contribution in [2.75, 3.05) is 0 Å². The van der Waals surface area contributed by atoms with Crippen molar-refractivity contribution in [2.45, 2.75) is 6.92 Å². The number of hydrogen-bond acceptors (Lipinski definition) is 2. The van der Waals surface area contributed by atoms with Gasteiger partial charge < -0.3 is 4.57 Å². The van der Waals surface area contributed by atoms with Crippen molar-refractivity contribution in [1.29, 1.82) is 0 Å². The molecule has 0 atom stereocenters. The van der Waals surface area contributed by atoms with Crippen LogP contribution in [0.4, 0.5) is 0 Å². The highest BCUT2D eigenvalue weighted by atomic mass is 15.3. The molecule has 0 aliphatic rings. The van der Waals surface area contributed by atoms with Gasteiger partial charge in [-0.25, -0.2) is 4.52 Å². The summed E-state index contributed by atoms with van der Waals surface area (Å²) in [5, 5.41) is 4.49. The highest BCUT2D eigenvalue weighted by molar-refractivity contribution is 5.79. The maximum Gasteiger partial charge on any atom is 0.143 e. The Kier molecular flexibility index (Phi) is 1.83. The third-order valence-corrected chi connectivity index (χ3v) is 2.79. The summed E-state index contributed by atoms with van der Waals surface area (Å²) in [6, 6.07) is 4.02. The van der Waals surface area contributed by atoms with Crippen LogP contribution in [0.1, 0.15) is 5.69 Å². The van der Waals surface area contributed by atoms with E-state index in [4.69, 9.17) is 0 Å². The maximum atomic E-state index is 4.49. The van der Waals surface area contributed by atoms with Gasteiger partial charge >= 0.3 is 0 Å². The third kappa shape index (κ3) is 1.16. The van der Waals surface area contributed by atoms with E-state index >= 15 is 0 Å². The average molecular weight is 212 g/mol. The number of pyridine rings is 1. The van der Waals surface area contributed by atoms with Crippen LogP contribution in [0.2, 0.25) is 0 Å². The molecule has 3 aromatic heterocycles. The minimum absolute atomic E-state index is 1.04. The van der Waals surface area contributed by atoms with Gasteiger partial charge in [-0.15, -0.1) is 0 Å². The van der Waals surface area contributed by atoms with E-state index in [1.807, 2.05) is 43.0 Å². The molecule has 0 aromatic carbocycles. The van der Waals surface area contributed by atoms with Crippen molar-refractivity contribution < 1.29 is 0 Å². The molecule has 3 rings (SSSR count). The number of aromatic nitrogens is 4. The highest BCUT2D eigenvalue weighted by Crippen LogP contribution is 2.27. The van der Waals surface area contributed by atoms with Crippen molar-refractivity contribution in [2.24, 2.45) is 7.05 Å². The van der Waals surface area contributed by atoms with E-state index < -0.39 is 0 Å². The number of nitrogens with zero attached hydrogens (tertiary/aromatic N) is 4.